The van der Waals surface area contributed by atoms with Gasteiger partial charge < -0.3 is 19.7 Å². The molecule has 186 valence electrons. The van der Waals surface area contributed by atoms with Crippen LogP contribution in [0.2, 0.25) is 0 Å². The van der Waals surface area contributed by atoms with Gasteiger partial charge in [0.05, 0.1) is 18.9 Å². The molecular formula is C26H24F3N5O2. The first kappa shape index (κ1) is 23.7. The molecule has 0 bridgehead atoms. The van der Waals surface area contributed by atoms with Crippen LogP contribution in [-0.4, -0.2) is 47.4 Å². The van der Waals surface area contributed by atoms with Crippen molar-refractivity contribution in [2.75, 3.05) is 36.5 Å². The number of nitrogens with zero attached hydrogens (tertiary/aromatic N) is 4. The molecule has 1 aliphatic heterocycles. The molecule has 1 fully saturated rings. The molecule has 1 saturated heterocycles. The van der Waals surface area contributed by atoms with Crippen LogP contribution in [0, 0.1) is 6.92 Å². The Kier molecular flexibility index (Phi) is 6.51. The molecule has 1 N–H and O–H groups in total. The summed E-state index contributed by atoms with van der Waals surface area (Å²) >= 11 is 0. The molecule has 1 aliphatic rings. The largest absolute Gasteiger partial charge is 0.573 e. The lowest BCUT2D eigenvalue weighted by molar-refractivity contribution is -0.274. The van der Waals surface area contributed by atoms with E-state index < -0.39 is 6.36 Å². The molecule has 0 atom stereocenters. The Morgan fingerprint density at radius 1 is 0.889 bits per heavy atom. The average Bonchev–Trinajstić information content (AvgIpc) is 3.30. The van der Waals surface area contributed by atoms with E-state index in [0.29, 0.717) is 43.4 Å². The minimum Gasteiger partial charge on any atom is -0.406 e. The van der Waals surface area contributed by atoms with Crippen molar-refractivity contribution in [3.8, 4) is 22.6 Å². The third kappa shape index (κ3) is 5.77. The second-order valence-corrected chi connectivity index (χ2v) is 8.35. The molecule has 0 aliphatic carbocycles. The van der Waals surface area contributed by atoms with Crippen LogP contribution in [0.3, 0.4) is 0 Å². The lowest BCUT2D eigenvalue weighted by Crippen LogP contribution is -2.36. The first-order valence-electron chi connectivity index (χ1n) is 11.4. The summed E-state index contributed by atoms with van der Waals surface area (Å²) in [6.45, 7) is 4.07. The zero-order valence-corrected chi connectivity index (χ0v) is 19.5. The number of alkyl halides is 3. The SMILES string of the molecule is Cc1ncn(-c2ccc(Nc3cccc(-c4cc(OC(F)(F)F)cc(N5CCOCC5)c4)c3)cc2)n1. The molecule has 0 spiro atoms. The Bertz CT molecular complexity index is 1330. The molecule has 0 amide bonds. The minimum absolute atomic E-state index is 0.251. The van der Waals surface area contributed by atoms with Gasteiger partial charge in [-0.3, -0.25) is 0 Å². The van der Waals surface area contributed by atoms with Crippen LogP contribution in [0.15, 0.2) is 73.1 Å². The van der Waals surface area contributed by atoms with Gasteiger partial charge in [-0.1, -0.05) is 12.1 Å². The van der Waals surface area contributed by atoms with Gasteiger partial charge in [0.15, 0.2) is 0 Å². The van der Waals surface area contributed by atoms with Crippen LogP contribution < -0.4 is 15.0 Å². The normalized spacial score (nSPS) is 14.1. The van der Waals surface area contributed by atoms with Gasteiger partial charge in [-0.25, -0.2) is 9.67 Å². The number of hydrogen-bond acceptors (Lipinski definition) is 6. The van der Waals surface area contributed by atoms with Crippen molar-refractivity contribution in [1.29, 1.82) is 0 Å². The highest BCUT2D eigenvalue weighted by atomic mass is 19.4. The van der Waals surface area contributed by atoms with Crippen molar-refractivity contribution in [3.63, 3.8) is 0 Å². The summed E-state index contributed by atoms with van der Waals surface area (Å²) in [5.74, 6) is 0.439. The quantitative estimate of drug-likeness (QED) is 0.369. The van der Waals surface area contributed by atoms with Crippen LogP contribution in [0.5, 0.6) is 5.75 Å². The van der Waals surface area contributed by atoms with E-state index in [1.807, 2.05) is 66.4 Å². The number of aromatic nitrogens is 3. The molecule has 5 rings (SSSR count). The Balaban J connectivity index is 1.40. The van der Waals surface area contributed by atoms with Crippen LogP contribution in [0.1, 0.15) is 5.82 Å². The van der Waals surface area contributed by atoms with E-state index >= 15 is 0 Å². The van der Waals surface area contributed by atoms with E-state index in [-0.39, 0.29) is 5.75 Å². The van der Waals surface area contributed by atoms with Crippen molar-refractivity contribution >= 4 is 17.1 Å². The van der Waals surface area contributed by atoms with Crippen LogP contribution >= 0.6 is 0 Å². The predicted octanol–water partition coefficient (Wildman–Crippen LogP) is 5.72. The van der Waals surface area contributed by atoms with Crippen molar-refractivity contribution < 1.29 is 22.6 Å². The highest BCUT2D eigenvalue weighted by molar-refractivity contribution is 5.75. The van der Waals surface area contributed by atoms with Gasteiger partial charge in [0.2, 0.25) is 0 Å². The fraction of sp³-hybridized carbons (Fsp3) is 0.231. The molecule has 10 heteroatoms. The van der Waals surface area contributed by atoms with Gasteiger partial charge in [-0.05, 0) is 66.6 Å². The van der Waals surface area contributed by atoms with Crippen LogP contribution in [0.25, 0.3) is 16.8 Å². The molecule has 7 nitrogen and oxygen atoms in total. The van der Waals surface area contributed by atoms with E-state index in [2.05, 4.69) is 20.1 Å². The van der Waals surface area contributed by atoms with Crippen molar-refractivity contribution in [2.24, 2.45) is 0 Å². The van der Waals surface area contributed by atoms with Crippen molar-refractivity contribution in [1.82, 2.24) is 14.8 Å². The fourth-order valence-electron chi connectivity index (χ4n) is 4.06. The predicted molar refractivity (Wildman–Crippen MR) is 131 cm³/mol. The standard InChI is InChI=1S/C26H24F3N5O2/c1-18-30-17-34(32-18)23-7-5-21(6-8-23)31-22-4-2-3-19(13-22)20-14-24(33-9-11-35-12-10-33)16-25(15-20)36-26(27,28)29/h2-8,13-17,31H,9-12H2,1H3. The number of aryl methyl sites for hydroxylation is 1. The molecule has 36 heavy (non-hydrogen) atoms. The van der Waals surface area contributed by atoms with Crippen molar-refractivity contribution in [3.05, 3.63) is 78.9 Å². The Hall–Kier alpha value is -4.05. The van der Waals surface area contributed by atoms with Gasteiger partial charge in [-0.2, -0.15) is 5.10 Å². The maximum absolute atomic E-state index is 13.0. The Morgan fingerprint density at radius 2 is 1.67 bits per heavy atom. The fourth-order valence-corrected chi connectivity index (χ4v) is 4.06. The van der Waals surface area contributed by atoms with Gasteiger partial charge in [-0.15, -0.1) is 13.2 Å². The topological polar surface area (TPSA) is 64.4 Å². The van der Waals surface area contributed by atoms with Crippen LogP contribution in [-0.2, 0) is 4.74 Å². The van der Waals surface area contributed by atoms with Gasteiger partial charge >= 0.3 is 6.36 Å². The highest BCUT2D eigenvalue weighted by Gasteiger charge is 2.31. The number of hydrogen-bond donors (Lipinski definition) is 1. The maximum Gasteiger partial charge on any atom is 0.573 e. The third-order valence-corrected chi connectivity index (χ3v) is 5.72. The van der Waals surface area contributed by atoms with Gasteiger partial charge in [0.1, 0.15) is 17.9 Å². The summed E-state index contributed by atoms with van der Waals surface area (Å²) in [5, 5.41) is 7.65. The lowest BCUT2D eigenvalue weighted by Gasteiger charge is -2.29. The summed E-state index contributed by atoms with van der Waals surface area (Å²) < 4.78 is 50.4. The smallest absolute Gasteiger partial charge is 0.406 e. The zero-order valence-electron chi connectivity index (χ0n) is 19.5. The van der Waals surface area contributed by atoms with E-state index in [4.69, 9.17) is 4.74 Å². The highest BCUT2D eigenvalue weighted by Crippen LogP contribution is 2.35. The summed E-state index contributed by atoms with van der Waals surface area (Å²) in [7, 11) is 0. The van der Waals surface area contributed by atoms with Gasteiger partial charge in [0.25, 0.3) is 0 Å². The average molecular weight is 496 g/mol. The second-order valence-electron chi connectivity index (χ2n) is 8.35. The van der Waals surface area contributed by atoms with Crippen LogP contribution in [0.4, 0.5) is 30.2 Å². The lowest BCUT2D eigenvalue weighted by atomic mass is 10.0. The Morgan fingerprint density at radius 3 is 2.36 bits per heavy atom. The van der Waals surface area contributed by atoms with E-state index in [1.165, 1.54) is 12.1 Å². The summed E-state index contributed by atoms with van der Waals surface area (Å²) in [6.07, 6.45) is -3.12. The molecule has 0 saturated carbocycles. The van der Waals surface area contributed by atoms with Gasteiger partial charge in [0, 0.05) is 36.2 Å². The minimum atomic E-state index is -4.78. The number of anilines is 3. The molecule has 0 unspecified atom stereocenters. The molecule has 4 aromatic rings. The Labute approximate surface area is 206 Å². The second kappa shape index (κ2) is 9.90. The summed E-state index contributed by atoms with van der Waals surface area (Å²) in [4.78, 5) is 6.14. The number of benzene rings is 3. The number of nitrogens with one attached hydrogen (secondary N) is 1. The molecular weight excluding hydrogens is 471 g/mol. The third-order valence-electron chi connectivity index (χ3n) is 5.72. The molecule has 3 aromatic carbocycles. The maximum atomic E-state index is 13.0. The first-order chi connectivity index (χ1) is 17.3. The number of halogens is 3. The van der Waals surface area contributed by atoms with E-state index in [9.17, 15) is 13.2 Å². The van der Waals surface area contributed by atoms with Crippen molar-refractivity contribution in [2.45, 2.75) is 13.3 Å². The summed E-state index contributed by atoms with van der Waals surface area (Å²) in [6, 6.07) is 19.9. The number of ether oxygens (including phenoxy) is 2. The molecule has 1 aromatic heterocycles. The van der Waals surface area contributed by atoms with E-state index in [0.717, 1.165) is 22.6 Å². The molecule has 2 heterocycles. The summed E-state index contributed by atoms with van der Waals surface area (Å²) in [5.41, 5.74) is 4.58. The zero-order chi connectivity index (χ0) is 25.1. The van der Waals surface area contributed by atoms with E-state index in [1.54, 1.807) is 11.0 Å². The number of rotatable bonds is 6. The number of morpholine rings is 1. The monoisotopic (exact) mass is 495 g/mol. The first-order valence-corrected chi connectivity index (χ1v) is 11.4. The molecule has 0 radical (unpaired) electrons.